The van der Waals surface area contributed by atoms with Gasteiger partial charge in [0, 0.05) is 23.2 Å². The number of aryl methyl sites for hydroxylation is 1. The zero-order valence-electron chi connectivity index (χ0n) is 12.5. The molecule has 2 heterocycles. The maximum absolute atomic E-state index is 12.4. The minimum Gasteiger partial charge on any atom is -0.339 e. The summed E-state index contributed by atoms with van der Waals surface area (Å²) in [7, 11) is 0. The van der Waals surface area contributed by atoms with Crippen molar-refractivity contribution < 1.29 is 4.79 Å². The van der Waals surface area contributed by atoms with Gasteiger partial charge < -0.3 is 4.90 Å². The van der Waals surface area contributed by atoms with E-state index < -0.39 is 0 Å². The van der Waals surface area contributed by atoms with E-state index in [1.54, 1.807) is 17.8 Å². The molecule has 0 amide bonds. The van der Waals surface area contributed by atoms with E-state index in [0.717, 1.165) is 28.4 Å². The van der Waals surface area contributed by atoms with Crippen LogP contribution in [0.15, 0.2) is 33.2 Å². The van der Waals surface area contributed by atoms with Crippen molar-refractivity contribution in [2.45, 2.75) is 40.5 Å². The number of ketones is 1. The van der Waals surface area contributed by atoms with E-state index in [-0.39, 0.29) is 5.78 Å². The van der Waals surface area contributed by atoms with Gasteiger partial charge in [-0.3, -0.25) is 4.79 Å². The Morgan fingerprint density at radius 3 is 2.70 bits per heavy atom. The Labute approximate surface area is 129 Å². The molecular weight excluding hydrogens is 286 g/mol. The third-order valence-electron chi connectivity index (χ3n) is 3.51. The molecule has 1 aromatic heterocycles. The van der Waals surface area contributed by atoms with Gasteiger partial charge >= 0.3 is 0 Å². The molecule has 0 atom stereocenters. The first-order chi connectivity index (χ1) is 9.54. The Morgan fingerprint density at radius 1 is 1.35 bits per heavy atom. The molecule has 0 radical (unpaired) electrons. The van der Waals surface area contributed by atoms with Crippen LogP contribution in [-0.4, -0.2) is 17.2 Å². The highest BCUT2D eigenvalue weighted by Crippen LogP contribution is 2.41. The highest BCUT2D eigenvalue weighted by Gasteiger charge is 2.23. The van der Waals surface area contributed by atoms with Crippen molar-refractivity contribution in [3.8, 4) is 0 Å². The lowest BCUT2D eigenvalue weighted by molar-refractivity contribution is 0.104. The van der Waals surface area contributed by atoms with Crippen molar-refractivity contribution in [2.24, 2.45) is 0 Å². The number of thioether (sulfide) groups is 1. The van der Waals surface area contributed by atoms with E-state index in [2.05, 4.69) is 25.7 Å². The fraction of sp³-hybridized carbons (Fsp3) is 0.438. The van der Waals surface area contributed by atoms with Gasteiger partial charge in [-0.15, -0.1) is 11.3 Å². The van der Waals surface area contributed by atoms with E-state index in [4.69, 9.17) is 0 Å². The van der Waals surface area contributed by atoms with Crippen LogP contribution in [-0.2, 0) is 0 Å². The summed E-state index contributed by atoms with van der Waals surface area (Å²) in [5.41, 5.74) is 2.35. The van der Waals surface area contributed by atoms with Gasteiger partial charge in [-0.1, -0.05) is 25.1 Å². The SMILES string of the molecule is CCCCN1C(=CC(=O)c2sccc2C)SC(C)=C1C. The van der Waals surface area contributed by atoms with E-state index in [1.165, 1.54) is 28.4 Å². The van der Waals surface area contributed by atoms with Gasteiger partial charge in [-0.05, 0) is 44.2 Å². The normalized spacial score (nSPS) is 17.4. The second-order valence-corrected chi connectivity index (χ2v) is 7.18. The molecule has 0 spiro atoms. The molecule has 0 saturated carbocycles. The van der Waals surface area contributed by atoms with Crippen molar-refractivity contribution in [2.75, 3.05) is 6.54 Å². The standard InChI is InChI=1S/C16H21NOS2/c1-5-6-8-17-12(3)13(4)20-15(17)10-14(18)16-11(2)7-9-19-16/h7,9-10H,5-6,8H2,1-4H3. The Morgan fingerprint density at radius 2 is 2.10 bits per heavy atom. The molecule has 2 rings (SSSR count). The van der Waals surface area contributed by atoms with Crippen LogP contribution in [0.2, 0.25) is 0 Å². The molecule has 1 aromatic rings. The Bertz CT molecular complexity index is 569. The Hall–Kier alpha value is -1.00. The summed E-state index contributed by atoms with van der Waals surface area (Å²) < 4.78 is 0. The fourth-order valence-electron chi connectivity index (χ4n) is 2.15. The molecular formula is C16H21NOS2. The average Bonchev–Trinajstić information content (AvgIpc) is 2.94. The lowest BCUT2D eigenvalue weighted by Crippen LogP contribution is -2.18. The summed E-state index contributed by atoms with van der Waals surface area (Å²) in [6.07, 6.45) is 4.12. The predicted molar refractivity (Wildman–Crippen MR) is 89.0 cm³/mol. The molecule has 0 saturated heterocycles. The van der Waals surface area contributed by atoms with Gasteiger partial charge in [-0.25, -0.2) is 0 Å². The van der Waals surface area contributed by atoms with Crippen LogP contribution in [0, 0.1) is 6.92 Å². The minimum atomic E-state index is 0.129. The molecule has 0 aromatic carbocycles. The van der Waals surface area contributed by atoms with Crippen LogP contribution in [0.25, 0.3) is 0 Å². The van der Waals surface area contributed by atoms with Crippen LogP contribution in [0.4, 0.5) is 0 Å². The number of carbonyl (C=O) groups is 1. The fourth-order valence-corrected chi connectivity index (χ4v) is 4.06. The summed E-state index contributed by atoms with van der Waals surface area (Å²) in [6.45, 7) is 9.45. The summed E-state index contributed by atoms with van der Waals surface area (Å²) >= 11 is 3.24. The number of nitrogens with zero attached hydrogens (tertiary/aromatic N) is 1. The summed E-state index contributed by atoms with van der Waals surface area (Å²) in [5.74, 6) is 0.129. The van der Waals surface area contributed by atoms with Crippen molar-refractivity contribution in [3.05, 3.63) is 43.6 Å². The number of thiophene rings is 1. The molecule has 108 valence electrons. The smallest absolute Gasteiger partial charge is 0.198 e. The van der Waals surface area contributed by atoms with E-state index in [9.17, 15) is 4.79 Å². The molecule has 1 aliphatic heterocycles. The molecule has 0 bridgehead atoms. The number of rotatable bonds is 5. The summed E-state index contributed by atoms with van der Waals surface area (Å²) in [4.78, 5) is 16.8. The van der Waals surface area contributed by atoms with E-state index in [0.29, 0.717) is 0 Å². The average molecular weight is 307 g/mol. The molecule has 20 heavy (non-hydrogen) atoms. The van der Waals surface area contributed by atoms with Crippen molar-refractivity contribution in [1.29, 1.82) is 0 Å². The van der Waals surface area contributed by atoms with Crippen molar-refractivity contribution in [3.63, 3.8) is 0 Å². The topological polar surface area (TPSA) is 20.3 Å². The van der Waals surface area contributed by atoms with Gasteiger partial charge in [0.1, 0.15) is 0 Å². The first-order valence-corrected chi connectivity index (χ1v) is 8.67. The number of allylic oxidation sites excluding steroid dienone is 3. The second-order valence-electron chi connectivity index (χ2n) is 5.03. The summed E-state index contributed by atoms with van der Waals surface area (Å²) in [5, 5.41) is 3.05. The number of unbranched alkanes of at least 4 members (excludes halogenated alkanes) is 1. The maximum atomic E-state index is 12.4. The first kappa shape index (κ1) is 15.4. The van der Waals surface area contributed by atoms with Gasteiger partial charge in [0.2, 0.25) is 0 Å². The zero-order valence-corrected chi connectivity index (χ0v) is 14.2. The second kappa shape index (κ2) is 6.64. The Balaban J connectivity index is 2.21. The Kier molecular flexibility index (Phi) is 5.11. The summed E-state index contributed by atoms with van der Waals surface area (Å²) in [6, 6.07) is 2.00. The van der Waals surface area contributed by atoms with Gasteiger partial charge in [0.05, 0.1) is 9.91 Å². The van der Waals surface area contributed by atoms with Crippen LogP contribution < -0.4 is 0 Å². The quantitative estimate of drug-likeness (QED) is 0.552. The number of carbonyl (C=O) groups excluding carboxylic acids is 1. The lowest BCUT2D eigenvalue weighted by Gasteiger charge is -2.21. The predicted octanol–water partition coefficient (Wildman–Crippen LogP) is 5.18. The molecule has 0 unspecified atom stereocenters. The van der Waals surface area contributed by atoms with E-state index >= 15 is 0 Å². The van der Waals surface area contributed by atoms with Crippen molar-refractivity contribution >= 4 is 28.9 Å². The minimum absolute atomic E-state index is 0.129. The third-order valence-corrected chi connectivity index (χ3v) is 5.69. The highest BCUT2D eigenvalue weighted by atomic mass is 32.2. The van der Waals surface area contributed by atoms with Gasteiger partial charge in [0.25, 0.3) is 0 Å². The molecule has 0 fully saturated rings. The number of hydrogen-bond donors (Lipinski definition) is 0. The largest absolute Gasteiger partial charge is 0.339 e. The van der Waals surface area contributed by atoms with Gasteiger partial charge in [0.15, 0.2) is 5.78 Å². The first-order valence-electron chi connectivity index (χ1n) is 6.97. The maximum Gasteiger partial charge on any atom is 0.198 e. The lowest BCUT2D eigenvalue weighted by atomic mass is 10.2. The molecule has 1 aliphatic rings. The monoisotopic (exact) mass is 307 g/mol. The number of hydrogen-bond acceptors (Lipinski definition) is 4. The highest BCUT2D eigenvalue weighted by molar-refractivity contribution is 8.06. The van der Waals surface area contributed by atoms with Crippen LogP contribution in [0.3, 0.4) is 0 Å². The molecule has 0 N–H and O–H groups in total. The van der Waals surface area contributed by atoms with Crippen LogP contribution in [0.1, 0.15) is 48.8 Å². The third kappa shape index (κ3) is 3.18. The van der Waals surface area contributed by atoms with Crippen molar-refractivity contribution in [1.82, 2.24) is 4.90 Å². The molecule has 0 aliphatic carbocycles. The molecule has 2 nitrogen and oxygen atoms in total. The van der Waals surface area contributed by atoms with E-state index in [1.807, 2.05) is 18.4 Å². The van der Waals surface area contributed by atoms with Crippen LogP contribution >= 0.6 is 23.1 Å². The van der Waals surface area contributed by atoms with Crippen LogP contribution in [0.5, 0.6) is 0 Å². The van der Waals surface area contributed by atoms with Gasteiger partial charge in [-0.2, -0.15) is 0 Å². The zero-order chi connectivity index (χ0) is 14.7. The molecule has 4 heteroatoms.